The van der Waals surface area contributed by atoms with Gasteiger partial charge in [0.2, 0.25) is 15.9 Å². The summed E-state index contributed by atoms with van der Waals surface area (Å²) in [6, 6.07) is 24.2. The molecule has 1 heterocycles. The summed E-state index contributed by atoms with van der Waals surface area (Å²) in [5.74, 6) is -0.237. The van der Waals surface area contributed by atoms with Gasteiger partial charge < -0.3 is 10.1 Å². The van der Waals surface area contributed by atoms with E-state index in [4.69, 9.17) is 4.74 Å². The first-order valence-corrected chi connectivity index (χ1v) is 12.7. The van der Waals surface area contributed by atoms with Gasteiger partial charge in [-0.1, -0.05) is 72.3 Å². The van der Waals surface area contributed by atoms with Gasteiger partial charge in [-0.15, -0.1) is 0 Å². The standard InChI is InChI=1S/C27H28N2O4S/c1-21-7-12-24(13-8-21)27(23-5-3-2-4-6-23)28-26(30)16-11-22-9-14-25(15-10-22)34(31,32)29-17-19-33-20-18-29/h2-16,27H,17-20H2,1H3,(H,28,30)/b16-11+. The Kier molecular flexibility index (Phi) is 7.57. The van der Waals surface area contributed by atoms with Gasteiger partial charge in [0.25, 0.3) is 0 Å². The van der Waals surface area contributed by atoms with Gasteiger partial charge in [0.1, 0.15) is 0 Å². The van der Waals surface area contributed by atoms with E-state index in [9.17, 15) is 13.2 Å². The van der Waals surface area contributed by atoms with E-state index in [1.54, 1.807) is 30.3 Å². The third-order valence-electron chi connectivity index (χ3n) is 5.75. The molecule has 0 radical (unpaired) electrons. The van der Waals surface area contributed by atoms with Crippen molar-refractivity contribution in [3.05, 3.63) is 107 Å². The van der Waals surface area contributed by atoms with Crippen LogP contribution < -0.4 is 5.32 Å². The van der Waals surface area contributed by atoms with Gasteiger partial charge in [0, 0.05) is 19.2 Å². The van der Waals surface area contributed by atoms with Crippen LogP contribution in [0.5, 0.6) is 0 Å². The number of amides is 1. The highest BCUT2D eigenvalue weighted by Gasteiger charge is 2.26. The minimum atomic E-state index is -3.54. The topological polar surface area (TPSA) is 75.7 Å². The Hall–Kier alpha value is -3.26. The molecule has 1 amide bonds. The molecule has 1 saturated heterocycles. The largest absolute Gasteiger partial charge is 0.379 e. The third-order valence-corrected chi connectivity index (χ3v) is 7.66. The number of aryl methyl sites for hydroxylation is 1. The first kappa shape index (κ1) is 23.9. The molecule has 1 unspecified atom stereocenters. The number of morpholine rings is 1. The first-order valence-electron chi connectivity index (χ1n) is 11.2. The number of nitrogens with one attached hydrogen (secondary N) is 1. The predicted molar refractivity (Wildman–Crippen MR) is 133 cm³/mol. The van der Waals surface area contributed by atoms with Crippen molar-refractivity contribution in [2.24, 2.45) is 0 Å². The van der Waals surface area contributed by atoms with Crippen LogP contribution in [0.3, 0.4) is 0 Å². The molecule has 1 N–H and O–H groups in total. The van der Waals surface area contributed by atoms with E-state index in [0.29, 0.717) is 26.3 Å². The van der Waals surface area contributed by atoms with Crippen molar-refractivity contribution < 1.29 is 17.9 Å². The average molecular weight is 477 g/mol. The fourth-order valence-electron chi connectivity index (χ4n) is 3.81. The summed E-state index contributed by atoms with van der Waals surface area (Å²) in [7, 11) is -3.54. The lowest BCUT2D eigenvalue weighted by molar-refractivity contribution is -0.116. The number of hydrogen-bond donors (Lipinski definition) is 1. The molecule has 0 saturated carbocycles. The van der Waals surface area contributed by atoms with Crippen LogP contribution in [0, 0.1) is 6.92 Å². The number of sulfonamides is 1. The number of benzene rings is 3. The number of rotatable bonds is 7. The maximum Gasteiger partial charge on any atom is 0.244 e. The summed E-state index contributed by atoms with van der Waals surface area (Å²) < 4.78 is 32.2. The van der Waals surface area contributed by atoms with Crippen molar-refractivity contribution in [3.63, 3.8) is 0 Å². The number of ether oxygens (including phenoxy) is 1. The fourth-order valence-corrected chi connectivity index (χ4v) is 5.22. The van der Waals surface area contributed by atoms with Gasteiger partial charge in [-0.25, -0.2) is 8.42 Å². The summed E-state index contributed by atoms with van der Waals surface area (Å²) in [6.45, 7) is 3.55. The van der Waals surface area contributed by atoms with Crippen LogP contribution in [-0.2, 0) is 19.6 Å². The third kappa shape index (κ3) is 5.80. The van der Waals surface area contributed by atoms with E-state index in [2.05, 4.69) is 5.32 Å². The van der Waals surface area contributed by atoms with Crippen LogP contribution in [0.2, 0.25) is 0 Å². The number of nitrogens with zero attached hydrogens (tertiary/aromatic N) is 1. The number of hydrogen-bond acceptors (Lipinski definition) is 4. The summed E-state index contributed by atoms with van der Waals surface area (Å²) in [4.78, 5) is 13.0. The van der Waals surface area contributed by atoms with Gasteiger partial charge in [-0.3, -0.25) is 4.79 Å². The fraction of sp³-hybridized carbons (Fsp3) is 0.222. The second kappa shape index (κ2) is 10.8. The lowest BCUT2D eigenvalue weighted by atomic mass is 9.98. The van der Waals surface area contributed by atoms with E-state index in [0.717, 1.165) is 22.3 Å². The molecule has 1 aliphatic rings. The van der Waals surface area contributed by atoms with Gasteiger partial charge in [0.15, 0.2) is 0 Å². The van der Waals surface area contributed by atoms with E-state index < -0.39 is 10.0 Å². The van der Waals surface area contributed by atoms with E-state index in [-0.39, 0.29) is 16.8 Å². The quantitative estimate of drug-likeness (QED) is 0.524. The summed E-state index contributed by atoms with van der Waals surface area (Å²) in [6.07, 6.45) is 3.15. The molecule has 3 aromatic carbocycles. The molecule has 7 heteroatoms. The number of carbonyl (C=O) groups excluding carboxylic acids is 1. The summed E-state index contributed by atoms with van der Waals surface area (Å²) in [5.41, 5.74) is 3.88. The molecule has 3 aromatic rings. The van der Waals surface area contributed by atoms with E-state index in [1.807, 2.05) is 61.5 Å². The zero-order valence-electron chi connectivity index (χ0n) is 19.1. The maximum atomic E-state index is 12.8. The minimum Gasteiger partial charge on any atom is -0.379 e. The molecule has 1 aliphatic heterocycles. The highest BCUT2D eigenvalue weighted by atomic mass is 32.2. The van der Waals surface area contributed by atoms with Crippen LogP contribution >= 0.6 is 0 Å². The Labute approximate surface area is 200 Å². The predicted octanol–water partition coefficient (Wildman–Crippen LogP) is 3.93. The van der Waals surface area contributed by atoms with Crippen LogP contribution in [0.1, 0.15) is 28.3 Å². The molecular weight excluding hydrogens is 448 g/mol. The van der Waals surface area contributed by atoms with E-state index >= 15 is 0 Å². The van der Waals surface area contributed by atoms with Gasteiger partial charge in [-0.05, 0) is 41.8 Å². The summed E-state index contributed by atoms with van der Waals surface area (Å²) in [5, 5.41) is 3.08. The molecule has 0 aliphatic carbocycles. The molecule has 1 atom stereocenters. The minimum absolute atomic E-state index is 0.236. The molecular formula is C27H28N2O4S. The Morgan fingerprint density at radius 1 is 0.912 bits per heavy atom. The van der Waals surface area contributed by atoms with Crippen molar-refractivity contribution in [2.75, 3.05) is 26.3 Å². The van der Waals surface area contributed by atoms with Crippen molar-refractivity contribution in [3.8, 4) is 0 Å². The zero-order chi connectivity index (χ0) is 24.0. The van der Waals surface area contributed by atoms with Crippen molar-refractivity contribution in [1.82, 2.24) is 9.62 Å². The Morgan fingerprint density at radius 3 is 2.18 bits per heavy atom. The smallest absolute Gasteiger partial charge is 0.244 e. The highest BCUT2D eigenvalue weighted by Crippen LogP contribution is 2.23. The molecule has 4 rings (SSSR count). The van der Waals surface area contributed by atoms with Gasteiger partial charge in [0.05, 0.1) is 24.2 Å². The Morgan fingerprint density at radius 2 is 1.53 bits per heavy atom. The molecule has 0 aromatic heterocycles. The highest BCUT2D eigenvalue weighted by molar-refractivity contribution is 7.89. The van der Waals surface area contributed by atoms with Crippen molar-refractivity contribution in [2.45, 2.75) is 17.9 Å². The molecule has 0 bridgehead atoms. The van der Waals surface area contributed by atoms with Crippen LogP contribution in [0.4, 0.5) is 0 Å². The monoisotopic (exact) mass is 476 g/mol. The Balaban J connectivity index is 1.46. The van der Waals surface area contributed by atoms with Crippen LogP contribution in [0.15, 0.2) is 89.8 Å². The second-order valence-electron chi connectivity index (χ2n) is 8.18. The van der Waals surface area contributed by atoms with Crippen molar-refractivity contribution >= 4 is 22.0 Å². The van der Waals surface area contributed by atoms with E-state index in [1.165, 1.54) is 10.4 Å². The SMILES string of the molecule is Cc1ccc(C(NC(=O)/C=C/c2ccc(S(=O)(=O)N3CCOCC3)cc2)c2ccccc2)cc1. The van der Waals surface area contributed by atoms with Crippen molar-refractivity contribution in [1.29, 1.82) is 0 Å². The second-order valence-corrected chi connectivity index (χ2v) is 10.1. The molecule has 6 nitrogen and oxygen atoms in total. The lowest BCUT2D eigenvalue weighted by Crippen LogP contribution is -2.40. The van der Waals surface area contributed by atoms with Gasteiger partial charge in [-0.2, -0.15) is 4.31 Å². The molecule has 0 spiro atoms. The lowest BCUT2D eigenvalue weighted by Gasteiger charge is -2.26. The zero-order valence-corrected chi connectivity index (χ0v) is 19.9. The molecule has 34 heavy (non-hydrogen) atoms. The van der Waals surface area contributed by atoms with Gasteiger partial charge >= 0.3 is 0 Å². The van der Waals surface area contributed by atoms with Crippen LogP contribution in [-0.4, -0.2) is 44.9 Å². The Bertz CT molecular complexity index is 1230. The summed E-state index contributed by atoms with van der Waals surface area (Å²) >= 11 is 0. The number of carbonyl (C=O) groups is 1. The molecule has 1 fully saturated rings. The molecule has 176 valence electrons. The van der Waals surface area contributed by atoms with Crippen LogP contribution in [0.25, 0.3) is 6.08 Å². The first-order chi connectivity index (χ1) is 16.4. The maximum absolute atomic E-state index is 12.8. The average Bonchev–Trinajstić information content (AvgIpc) is 2.88. The normalized spacial score (nSPS) is 15.8.